The van der Waals surface area contributed by atoms with Gasteiger partial charge in [0.25, 0.3) is 5.69 Å². The van der Waals surface area contributed by atoms with Crippen LogP contribution < -0.4 is 10.5 Å². The summed E-state index contributed by atoms with van der Waals surface area (Å²) in [5.41, 5.74) is 0.0303. The Morgan fingerprint density at radius 2 is 2.04 bits per heavy atom. The highest BCUT2D eigenvalue weighted by Gasteiger charge is 2.29. The van der Waals surface area contributed by atoms with Crippen molar-refractivity contribution in [3.8, 4) is 0 Å². The zero-order valence-corrected chi connectivity index (χ0v) is 15.3. The van der Waals surface area contributed by atoms with Gasteiger partial charge in [-0.1, -0.05) is 0 Å². The van der Waals surface area contributed by atoms with Crippen molar-refractivity contribution in [1.29, 1.82) is 0 Å². The fourth-order valence-electron chi connectivity index (χ4n) is 3.65. The Morgan fingerprint density at radius 3 is 2.69 bits per heavy atom. The summed E-state index contributed by atoms with van der Waals surface area (Å²) in [6.07, 6.45) is 3.15. The maximum absolute atomic E-state index is 11.4. The van der Waals surface area contributed by atoms with Gasteiger partial charge in [0.1, 0.15) is 5.69 Å². The third-order valence-electron chi connectivity index (χ3n) is 5.10. The van der Waals surface area contributed by atoms with E-state index >= 15 is 0 Å². The van der Waals surface area contributed by atoms with Crippen LogP contribution >= 0.6 is 0 Å². The van der Waals surface area contributed by atoms with E-state index in [-0.39, 0.29) is 10.6 Å². The molecule has 0 aromatic heterocycles. The average Bonchev–Trinajstić information content (AvgIpc) is 3.08. The highest BCUT2D eigenvalue weighted by Crippen LogP contribution is 2.29. The molecule has 1 atom stereocenters. The quantitative estimate of drug-likeness (QED) is 0.556. The molecule has 0 amide bonds. The number of likely N-dealkylation sites (tertiary alicyclic amines) is 1. The Balaban J connectivity index is 1.62. The molecule has 2 fully saturated rings. The predicted octanol–water partition coefficient (Wildman–Crippen LogP) is 1.16. The van der Waals surface area contributed by atoms with Crippen LogP contribution in [0, 0.1) is 16.0 Å². The van der Waals surface area contributed by atoms with E-state index in [1.807, 2.05) is 0 Å². The molecule has 0 radical (unpaired) electrons. The smallest absolute Gasteiger partial charge is 0.293 e. The van der Waals surface area contributed by atoms with Gasteiger partial charge in [-0.15, -0.1) is 0 Å². The van der Waals surface area contributed by atoms with E-state index in [0.717, 1.165) is 51.6 Å². The van der Waals surface area contributed by atoms with Crippen LogP contribution in [-0.4, -0.2) is 57.1 Å². The second kappa shape index (κ2) is 7.87. The lowest BCUT2D eigenvalue weighted by molar-refractivity contribution is -0.384. The molecule has 1 unspecified atom stereocenters. The molecule has 0 bridgehead atoms. The molecule has 2 saturated heterocycles. The van der Waals surface area contributed by atoms with Crippen LogP contribution in [0.4, 0.5) is 11.4 Å². The summed E-state index contributed by atoms with van der Waals surface area (Å²) in [5, 5.41) is 19.4. The minimum absolute atomic E-state index is 0.263. The molecule has 0 saturated carbocycles. The van der Waals surface area contributed by atoms with Crippen molar-refractivity contribution in [3.63, 3.8) is 0 Å². The van der Waals surface area contributed by atoms with E-state index in [0.29, 0.717) is 24.2 Å². The number of nitro benzene ring substituents is 1. The van der Waals surface area contributed by atoms with Crippen LogP contribution in [-0.2, 0) is 14.8 Å². The number of rotatable bonds is 6. The van der Waals surface area contributed by atoms with Gasteiger partial charge in [0, 0.05) is 38.4 Å². The second-order valence-electron chi connectivity index (χ2n) is 6.86. The fourth-order valence-corrected chi connectivity index (χ4v) is 4.19. The molecule has 9 nitrogen and oxygen atoms in total. The molecule has 1 aromatic carbocycles. The number of primary sulfonamides is 1. The SMILES string of the molecule is NS(=O)(=O)c1ccc(NCC2CCN(C3CCOCC3)C2)c([N+](=O)[O-])c1. The zero-order chi connectivity index (χ0) is 18.7. The van der Waals surface area contributed by atoms with Crippen molar-refractivity contribution in [2.24, 2.45) is 11.1 Å². The van der Waals surface area contributed by atoms with E-state index < -0.39 is 14.9 Å². The minimum Gasteiger partial charge on any atom is -0.381 e. The summed E-state index contributed by atoms with van der Waals surface area (Å²) in [7, 11) is -3.98. The summed E-state index contributed by atoms with van der Waals surface area (Å²) >= 11 is 0. The van der Waals surface area contributed by atoms with E-state index in [9.17, 15) is 18.5 Å². The van der Waals surface area contributed by atoms with Crippen LogP contribution in [0.3, 0.4) is 0 Å². The van der Waals surface area contributed by atoms with Crippen LogP contribution in [0.25, 0.3) is 0 Å². The monoisotopic (exact) mass is 384 g/mol. The number of nitrogens with zero attached hydrogens (tertiary/aromatic N) is 2. The lowest BCUT2D eigenvalue weighted by Crippen LogP contribution is -2.38. The molecular formula is C16H24N4O5S. The van der Waals surface area contributed by atoms with Gasteiger partial charge in [-0.3, -0.25) is 15.0 Å². The molecular weight excluding hydrogens is 360 g/mol. The largest absolute Gasteiger partial charge is 0.381 e. The lowest BCUT2D eigenvalue weighted by atomic mass is 10.1. The Bertz CT molecular complexity index is 764. The van der Waals surface area contributed by atoms with Crippen LogP contribution in [0.2, 0.25) is 0 Å². The molecule has 0 spiro atoms. The van der Waals surface area contributed by atoms with Crippen molar-refractivity contribution in [2.75, 3.05) is 38.2 Å². The Labute approximate surface area is 152 Å². The van der Waals surface area contributed by atoms with Gasteiger partial charge in [-0.2, -0.15) is 0 Å². The first-order valence-electron chi connectivity index (χ1n) is 8.71. The molecule has 26 heavy (non-hydrogen) atoms. The van der Waals surface area contributed by atoms with Crippen molar-refractivity contribution in [3.05, 3.63) is 28.3 Å². The highest BCUT2D eigenvalue weighted by atomic mass is 32.2. The van der Waals surface area contributed by atoms with Crippen LogP contribution in [0.15, 0.2) is 23.1 Å². The lowest BCUT2D eigenvalue weighted by Gasteiger charge is -2.31. The summed E-state index contributed by atoms with van der Waals surface area (Å²) in [6, 6.07) is 4.26. The van der Waals surface area contributed by atoms with E-state index in [4.69, 9.17) is 9.88 Å². The van der Waals surface area contributed by atoms with Crippen LogP contribution in [0.1, 0.15) is 19.3 Å². The predicted molar refractivity (Wildman–Crippen MR) is 96.5 cm³/mol. The van der Waals surface area contributed by atoms with Gasteiger partial charge >= 0.3 is 0 Å². The number of nitrogens with two attached hydrogens (primary N) is 1. The number of nitro groups is 1. The third-order valence-corrected chi connectivity index (χ3v) is 6.01. The Morgan fingerprint density at radius 1 is 1.31 bits per heavy atom. The topological polar surface area (TPSA) is 128 Å². The number of benzene rings is 1. The van der Waals surface area contributed by atoms with Gasteiger partial charge in [-0.05, 0) is 43.9 Å². The molecule has 10 heteroatoms. The average molecular weight is 384 g/mol. The van der Waals surface area contributed by atoms with Gasteiger partial charge in [0.15, 0.2) is 0 Å². The molecule has 3 N–H and O–H groups in total. The van der Waals surface area contributed by atoms with Gasteiger partial charge < -0.3 is 10.1 Å². The number of hydrogen-bond acceptors (Lipinski definition) is 7. The molecule has 0 aliphatic carbocycles. The summed E-state index contributed by atoms with van der Waals surface area (Å²) in [5.74, 6) is 0.398. The highest BCUT2D eigenvalue weighted by molar-refractivity contribution is 7.89. The zero-order valence-electron chi connectivity index (χ0n) is 14.5. The van der Waals surface area contributed by atoms with Gasteiger partial charge in [-0.25, -0.2) is 13.6 Å². The van der Waals surface area contributed by atoms with Crippen LogP contribution in [0.5, 0.6) is 0 Å². The summed E-state index contributed by atoms with van der Waals surface area (Å²) in [4.78, 5) is 12.9. The molecule has 2 aliphatic heterocycles. The molecule has 2 aliphatic rings. The second-order valence-corrected chi connectivity index (χ2v) is 8.42. The normalized spacial score (nSPS) is 22.4. The first kappa shape index (κ1) is 19.0. The standard InChI is InChI=1S/C16H24N4O5S/c17-26(23,24)14-1-2-15(16(9-14)20(21)22)18-10-12-3-6-19(11-12)13-4-7-25-8-5-13/h1-2,9,12-13,18H,3-8,10-11H2,(H2,17,23,24). The number of anilines is 1. The maximum Gasteiger partial charge on any atom is 0.293 e. The van der Waals surface area contributed by atoms with Crippen molar-refractivity contribution < 1.29 is 18.1 Å². The van der Waals surface area contributed by atoms with E-state index in [2.05, 4.69) is 10.2 Å². The molecule has 2 heterocycles. The first-order valence-corrected chi connectivity index (χ1v) is 10.3. The van der Waals surface area contributed by atoms with Crippen molar-refractivity contribution in [2.45, 2.75) is 30.2 Å². The summed E-state index contributed by atoms with van der Waals surface area (Å²) < 4.78 is 28.2. The van der Waals surface area contributed by atoms with E-state index in [1.54, 1.807) is 0 Å². The van der Waals surface area contributed by atoms with Crippen molar-refractivity contribution >= 4 is 21.4 Å². The molecule has 144 valence electrons. The number of nitrogens with one attached hydrogen (secondary N) is 1. The minimum atomic E-state index is -3.98. The number of ether oxygens (including phenoxy) is 1. The molecule has 3 rings (SSSR count). The number of hydrogen-bond donors (Lipinski definition) is 2. The molecule has 1 aromatic rings. The Kier molecular flexibility index (Phi) is 5.76. The first-order chi connectivity index (χ1) is 12.3. The third kappa shape index (κ3) is 4.50. The van der Waals surface area contributed by atoms with E-state index in [1.165, 1.54) is 12.1 Å². The van der Waals surface area contributed by atoms with Gasteiger partial charge in [0.2, 0.25) is 10.0 Å². The number of sulfonamides is 1. The van der Waals surface area contributed by atoms with Crippen molar-refractivity contribution in [1.82, 2.24) is 4.90 Å². The maximum atomic E-state index is 11.4. The Hall–Kier alpha value is -1.75. The fraction of sp³-hybridized carbons (Fsp3) is 0.625. The summed E-state index contributed by atoms with van der Waals surface area (Å²) in [6.45, 7) is 4.22. The van der Waals surface area contributed by atoms with Gasteiger partial charge in [0.05, 0.1) is 9.82 Å².